The fourth-order valence-corrected chi connectivity index (χ4v) is 2.87. The van der Waals surface area contributed by atoms with Gasteiger partial charge in [0.1, 0.15) is 0 Å². The lowest BCUT2D eigenvalue weighted by atomic mass is 9.95. The molecule has 1 saturated carbocycles. The van der Waals surface area contributed by atoms with Crippen molar-refractivity contribution in [2.45, 2.75) is 51.7 Å². The van der Waals surface area contributed by atoms with Gasteiger partial charge >= 0.3 is 0 Å². The van der Waals surface area contributed by atoms with Crippen LogP contribution in [0.1, 0.15) is 50.3 Å². The first-order valence-corrected chi connectivity index (χ1v) is 7.67. The number of aryl methyl sites for hydroxylation is 1. The van der Waals surface area contributed by atoms with Gasteiger partial charge in [0.15, 0.2) is 0 Å². The van der Waals surface area contributed by atoms with Gasteiger partial charge in [0.25, 0.3) is 0 Å². The molecule has 1 aliphatic carbocycles. The van der Waals surface area contributed by atoms with Crippen LogP contribution in [-0.2, 0) is 11.2 Å². The number of ether oxygens (including phenoxy) is 1. The summed E-state index contributed by atoms with van der Waals surface area (Å²) in [4.78, 5) is 0. The molecule has 0 radical (unpaired) electrons. The second-order valence-electron chi connectivity index (χ2n) is 5.52. The first-order valence-electron chi connectivity index (χ1n) is 7.67. The molecule has 0 aliphatic heterocycles. The number of hydrogen-bond donors (Lipinski definition) is 1. The van der Waals surface area contributed by atoms with Crippen molar-refractivity contribution in [3.05, 3.63) is 35.4 Å². The van der Waals surface area contributed by atoms with Crippen LogP contribution < -0.4 is 5.32 Å². The smallest absolute Gasteiger partial charge is 0.0797 e. The molecule has 1 aromatic rings. The zero-order chi connectivity index (χ0) is 13.7. The van der Waals surface area contributed by atoms with Crippen LogP contribution in [0.15, 0.2) is 24.3 Å². The van der Waals surface area contributed by atoms with E-state index in [0.29, 0.717) is 12.1 Å². The SMILES string of the molecule is CCCc1cccc(C(NC)C(OCC)C2CC2)c1. The van der Waals surface area contributed by atoms with Crippen LogP contribution in [0.4, 0.5) is 0 Å². The van der Waals surface area contributed by atoms with Gasteiger partial charge in [-0.2, -0.15) is 0 Å². The Labute approximate surface area is 117 Å². The van der Waals surface area contributed by atoms with Crippen molar-refractivity contribution in [2.75, 3.05) is 13.7 Å². The predicted molar refractivity (Wildman–Crippen MR) is 80.4 cm³/mol. The van der Waals surface area contributed by atoms with E-state index in [9.17, 15) is 0 Å². The van der Waals surface area contributed by atoms with Crippen molar-refractivity contribution in [2.24, 2.45) is 5.92 Å². The highest BCUT2D eigenvalue weighted by Crippen LogP contribution is 2.40. The van der Waals surface area contributed by atoms with Crippen LogP contribution in [-0.4, -0.2) is 19.8 Å². The monoisotopic (exact) mass is 261 g/mol. The van der Waals surface area contributed by atoms with Crippen molar-refractivity contribution < 1.29 is 4.74 Å². The third-order valence-corrected chi connectivity index (χ3v) is 3.93. The van der Waals surface area contributed by atoms with E-state index in [2.05, 4.69) is 43.4 Å². The second-order valence-corrected chi connectivity index (χ2v) is 5.52. The highest BCUT2D eigenvalue weighted by atomic mass is 16.5. The molecule has 0 heterocycles. The van der Waals surface area contributed by atoms with E-state index < -0.39 is 0 Å². The van der Waals surface area contributed by atoms with Gasteiger partial charge in [0, 0.05) is 6.61 Å². The third kappa shape index (κ3) is 3.80. The van der Waals surface area contributed by atoms with Crippen LogP contribution in [0.25, 0.3) is 0 Å². The van der Waals surface area contributed by atoms with E-state index in [4.69, 9.17) is 4.74 Å². The van der Waals surface area contributed by atoms with E-state index in [1.54, 1.807) is 0 Å². The Morgan fingerprint density at radius 1 is 1.32 bits per heavy atom. The average Bonchev–Trinajstić information content (AvgIpc) is 3.24. The van der Waals surface area contributed by atoms with E-state index in [1.165, 1.54) is 30.4 Å². The Bertz CT molecular complexity index is 387. The lowest BCUT2D eigenvalue weighted by molar-refractivity contribution is 0.0204. The van der Waals surface area contributed by atoms with Crippen molar-refractivity contribution in [3.8, 4) is 0 Å². The first-order chi connectivity index (χ1) is 9.30. The van der Waals surface area contributed by atoms with Crippen molar-refractivity contribution in [1.29, 1.82) is 0 Å². The molecular weight excluding hydrogens is 234 g/mol. The lowest BCUT2D eigenvalue weighted by Crippen LogP contribution is -2.33. The molecule has 1 fully saturated rings. The third-order valence-electron chi connectivity index (χ3n) is 3.93. The summed E-state index contributed by atoms with van der Waals surface area (Å²) in [6.07, 6.45) is 5.32. The Morgan fingerprint density at radius 3 is 2.68 bits per heavy atom. The molecule has 0 amide bonds. The molecule has 106 valence electrons. The molecule has 1 aliphatic rings. The summed E-state index contributed by atoms with van der Waals surface area (Å²) in [5.41, 5.74) is 2.81. The molecule has 2 unspecified atom stereocenters. The van der Waals surface area contributed by atoms with Crippen molar-refractivity contribution in [1.82, 2.24) is 5.32 Å². The zero-order valence-corrected chi connectivity index (χ0v) is 12.5. The average molecular weight is 261 g/mol. The molecule has 2 atom stereocenters. The van der Waals surface area contributed by atoms with Gasteiger partial charge in [-0.15, -0.1) is 0 Å². The van der Waals surface area contributed by atoms with E-state index in [1.807, 2.05) is 7.05 Å². The fourth-order valence-electron chi connectivity index (χ4n) is 2.87. The van der Waals surface area contributed by atoms with Crippen LogP contribution in [0, 0.1) is 5.92 Å². The maximum Gasteiger partial charge on any atom is 0.0797 e. The van der Waals surface area contributed by atoms with Gasteiger partial charge in [0.2, 0.25) is 0 Å². The summed E-state index contributed by atoms with van der Waals surface area (Å²) in [7, 11) is 2.05. The van der Waals surface area contributed by atoms with Crippen molar-refractivity contribution >= 4 is 0 Å². The summed E-state index contributed by atoms with van der Waals surface area (Å²) >= 11 is 0. The molecule has 0 saturated heterocycles. The molecule has 2 nitrogen and oxygen atoms in total. The topological polar surface area (TPSA) is 21.3 Å². The molecule has 19 heavy (non-hydrogen) atoms. The maximum atomic E-state index is 6.01. The molecule has 1 aromatic carbocycles. The van der Waals surface area contributed by atoms with Gasteiger partial charge in [0.05, 0.1) is 12.1 Å². The first kappa shape index (κ1) is 14.5. The Kier molecular flexibility index (Phi) is 5.41. The van der Waals surface area contributed by atoms with Crippen LogP contribution in [0.3, 0.4) is 0 Å². The molecule has 1 N–H and O–H groups in total. The zero-order valence-electron chi connectivity index (χ0n) is 12.5. The largest absolute Gasteiger partial charge is 0.376 e. The molecule has 2 heteroatoms. The minimum Gasteiger partial charge on any atom is -0.376 e. The van der Waals surface area contributed by atoms with E-state index in [-0.39, 0.29) is 0 Å². The number of hydrogen-bond acceptors (Lipinski definition) is 2. The number of likely N-dealkylation sites (N-methyl/N-ethyl adjacent to an activating group) is 1. The minimum atomic E-state index is 0.323. The van der Waals surface area contributed by atoms with Crippen LogP contribution in [0.5, 0.6) is 0 Å². The molecule has 0 bridgehead atoms. The van der Waals surface area contributed by atoms with Gasteiger partial charge in [-0.3, -0.25) is 0 Å². The molecule has 2 rings (SSSR count). The molecular formula is C17H27NO. The normalized spacial score (nSPS) is 18.3. The maximum absolute atomic E-state index is 6.01. The lowest BCUT2D eigenvalue weighted by Gasteiger charge is -2.27. The van der Waals surface area contributed by atoms with Gasteiger partial charge in [-0.1, -0.05) is 37.6 Å². The van der Waals surface area contributed by atoms with Crippen LogP contribution >= 0.6 is 0 Å². The van der Waals surface area contributed by atoms with Crippen molar-refractivity contribution in [3.63, 3.8) is 0 Å². The summed E-state index contributed by atoms with van der Waals surface area (Å²) in [5, 5.41) is 3.47. The molecule has 0 aromatic heterocycles. The molecule has 0 spiro atoms. The van der Waals surface area contributed by atoms with Gasteiger partial charge < -0.3 is 10.1 Å². The highest BCUT2D eigenvalue weighted by Gasteiger charge is 2.37. The van der Waals surface area contributed by atoms with Gasteiger partial charge in [-0.05, 0) is 50.3 Å². The Morgan fingerprint density at radius 2 is 2.11 bits per heavy atom. The summed E-state index contributed by atoms with van der Waals surface area (Å²) in [6, 6.07) is 9.31. The van der Waals surface area contributed by atoms with Gasteiger partial charge in [-0.25, -0.2) is 0 Å². The minimum absolute atomic E-state index is 0.323. The summed E-state index contributed by atoms with van der Waals surface area (Å²) < 4.78 is 6.01. The number of benzene rings is 1. The predicted octanol–water partition coefficient (Wildman–Crippen LogP) is 3.71. The Balaban J connectivity index is 2.16. The van der Waals surface area contributed by atoms with Crippen LogP contribution in [0.2, 0.25) is 0 Å². The second kappa shape index (κ2) is 7.06. The van der Waals surface area contributed by atoms with E-state index >= 15 is 0 Å². The standard InChI is InChI=1S/C17H27NO/c1-4-7-13-8-6-9-15(12-13)16(18-3)17(19-5-2)14-10-11-14/h6,8-9,12,14,16-18H,4-5,7,10-11H2,1-3H3. The number of nitrogens with one attached hydrogen (secondary N) is 1. The highest BCUT2D eigenvalue weighted by molar-refractivity contribution is 5.27. The fraction of sp³-hybridized carbons (Fsp3) is 0.647. The summed E-state index contributed by atoms with van der Waals surface area (Å²) in [5.74, 6) is 0.743. The van der Waals surface area contributed by atoms with E-state index in [0.717, 1.165) is 18.9 Å². The Hall–Kier alpha value is -0.860. The number of rotatable bonds is 8. The quantitative estimate of drug-likeness (QED) is 0.770. The summed E-state index contributed by atoms with van der Waals surface area (Å²) in [6.45, 7) is 5.12.